The quantitative estimate of drug-likeness (QED) is 0.530. The summed E-state index contributed by atoms with van der Waals surface area (Å²) in [5.74, 6) is -0.107. The van der Waals surface area contributed by atoms with E-state index < -0.39 is 5.92 Å². The summed E-state index contributed by atoms with van der Waals surface area (Å²) in [6.07, 6.45) is 2.42. The Hall–Kier alpha value is -0.860. The first-order valence-electron chi connectivity index (χ1n) is 5.76. The predicted octanol–water partition coefficient (Wildman–Crippen LogP) is 2.19. The second-order valence-electron chi connectivity index (χ2n) is 4.61. The number of hydrogen-bond donors (Lipinski definition) is 0. The van der Waals surface area contributed by atoms with Crippen LogP contribution >= 0.6 is 0 Å². The van der Waals surface area contributed by atoms with Gasteiger partial charge in [-0.25, -0.2) is 0 Å². The van der Waals surface area contributed by atoms with Crippen molar-refractivity contribution < 1.29 is 14.3 Å². The van der Waals surface area contributed by atoms with Gasteiger partial charge in [-0.3, -0.25) is 9.59 Å². The van der Waals surface area contributed by atoms with Crippen LogP contribution in [0.5, 0.6) is 0 Å². The van der Waals surface area contributed by atoms with Crippen molar-refractivity contribution in [2.45, 2.75) is 40.0 Å². The molecule has 0 radical (unpaired) electrons. The minimum Gasteiger partial charge on any atom is -0.465 e. The zero-order valence-electron chi connectivity index (χ0n) is 9.79. The number of rotatable bonds is 4. The molecule has 0 heterocycles. The third kappa shape index (κ3) is 3.05. The van der Waals surface area contributed by atoms with E-state index in [1.165, 1.54) is 0 Å². The molecule has 1 fully saturated rings. The smallest absolute Gasteiger partial charge is 0.316 e. The third-order valence-electron chi connectivity index (χ3n) is 2.88. The molecule has 0 aliphatic heterocycles. The van der Waals surface area contributed by atoms with Crippen molar-refractivity contribution in [1.29, 1.82) is 0 Å². The van der Waals surface area contributed by atoms with Crippen LogP contribution in [0.4, 0.5) is 0 Å². The molecule has 0 saturated heterocycles. The Kier molecular flexibility index (Phi) is 4.30. The van der Waals surface area contributed by atoms with Gasteiger partial charge in [0.2, 0.25) is 0 Å². The number of Topliss-reactive ketones (excluding diaryl/α,β-unsaturated/α-hetero) is 1. The molecular weight excluding hydrogens is 192 g/mol. The molecule has 0 bridgehead atoms. The first-order valence-corrected chi connectivity index (χ1v) is 5.76. The standard InChI is InChI=1S/C12H20O3/c1-4-15-12(14)10-6-5-9(11(10)13)7-8(2)3/h8-10H,4-7H2,1-3H3/t9-,10+/m1/s1. The van der Waals surface area contributed by atoms with Gasteiger partial charge in [0.1, 0.15) is 11.7 Å². The molecule has 1 rings (SSSR count). The Labute approximate surface area is 91.2 Å². The lowest BCUT2D eigenvalue weighted by atomic mass is 9.94. The van der Waals surface area contributed by atoms with E-state index in [-0.39, 0.29) is 17.7 Å². The highest BCUT2D eigenvalue weighted by Gasteiger charge is 2.39. The summed E-state index contributed by atoms with van der Waals surface area (Å²) >= 11 is 0. The fourth-order valence-electron chi connectivity index (χ4n) is 2.22. The normalized spacial score (nSPS) is 26.0. The van der Waals surface area contributed by atoms with Gasteiger partial charge in [0.25, 0.3) is 0 Å². The summed E-state index contributed by atoms with van der Waals surface area (Å²) in [4.78, 5) is 23.3. The van der Waals surface area contributed by atoms with Crippen LogP contribution in [0.25, 0.3) is 0 Å². The number of carbonyl (C=O) groups excluding carboxylic acids is 2. The Morgan fingerprint density at radius 3 is 2.67 bits per heavy atom. The van der Waals surface area contributed by atoms with E-state index in [1.54, 1.807) is 6.92 Å². The average molecular weight is 212 g/mol. The minimum atomic E-state index is -0.478. The molecule has 1 saturated carbocycles. The second-order valence-corrected chi connectivity index (χ2v) is 4.61. The van der Waals surface area contributed by atoms with Gasteiger partial charge in [-0.2, -0.15) is 0 Å². The molecule has 2 atom stereocenters. The number of esters is 1. The van der Waals surface area contributed by atoms with Crippen LogP contribution in [0.15, 0.2) is 0 Å². The molecule has 86 valence electrons. The zero-order chi connectivity index (χ0) is 11.4. The molecule has 3 heteroatoms. The van der Waals surface area contributed by atoms with Crippen LogP contribution in [0.2, 0.25) is 0 Å². The molecule has 0 aromatic carbocycles. The maximum Gasteiger partial charge on any atom is 0.316 e. The highest BCUT2D eigenvalue weighted by atomic mass is 16.5. The molecule has 0 unspecified atom stereocenters. The van der Waals surface area contributed by atoms with E-state index in [0.717, 1.165) is 12.8 Å². The fourth-order valence-corrected chi connectivity index (χ4v) is 2.22. The van der Waals surface area contributed by atoms with E-state index in [0.29, 0.717) is 18.9 Å². The van der Waals surface area contributed by atoms with Gasteiger partial charge in [0.05, 0.1) is 6.61 Å². The van der Waals surface area contributed by atoms with E-state index in [4.69, 9.17) is 4.74 Å². The molecule has 0 aromatic rings. The molecule has 15 heavy (non-hydrogen) atoms. The Morgan fingerprint density at radius 1 is 1.47 bits per heavy atom. The predicted molar refractivity (Wildman–Crippen MR) is 57.3 cm³/mol. The molecule has 0 aromatic heterocycles. The molecular formula is C12H20O3. The Balaban J connectivity index is 2.52. The monoisotopic (exact) mass is 212 g/mol. The van der Waals surface area contributed by atoms with Crippen LogP contribution < -0.4 is 0 Å². The maximum absolute atomic E-state index is 11.9. The summed E-state index contributed by atoms with van der Waals surface area (Å²) in [5, 5.41) is 0. The van der Waals surface area contributed by atoms with Gasteiger partial charge < -0.3 is 4.74 Å². The first kappa shape index (κ1) is 12.2. The van der Waals surface area contributed by atoms with Crippen molar-refractivity contribution in [1.82, 2.24) is 0 Å². The Morgan fingerprint density at radius 2 is 2.13 bits per heavy atom. The van der Waals surface area contributed by atoms with E-state index >= 15 is 0 Å². The van der Waals surface area contributed by atoms with E-state index in [9.17, 15) is 9.59 Å². The summed E-state index contributed by atoms with van der Waals surface area (Å²) in [5.41, 5.74) is 0. The van der Waals surface area contributed by atoms with Crippen molar-refractivity contribution >= 4 is 11.8 Å². The number of carbonyl (C=O) groups is 2. The van der Waals surface area contributed by atoms with Crippen LogP contribution in [-0.4, -0.2) is 18.4 Å². The van der Waals surface area contributed by atoms with Gasteiger partial charge in [-0.05, 0) is 32.1 Å². The average Bonchev–Trinajstić information content (AvgIpc) is 2.48. The third-order valence-corrected chi connectivity index (χ3v) is 2.88. The molecule has 0 spiro atoms. The molecule has 3 nitrogen and oxygen atoms in total. The van der Waals surface area contributed by atoms with Gasteiger partial charge in [0, 0.05) is 5.92 Å². The van der Waals surface area contributed by atoms with Crippen LogP contribution in [0.3, 0.4) is 0 Å². The highest BCUT2D eigenvalue weighted by molar-refractivity contribution is 6.01. The SMILES string of the molecule is CCOC(=O)[C@H]1CC[C@H](CC(C)C)C1=O. The van der Waals surface area contributed by atoms with E-state index in [1.807, 2.05) is 0 Å². The molecule has 1 aliphatic carbocycles. The summed E-state index contributed by atoms with van der Waals surface area (Å²) in [7, 11) is 0. The minimum absolute atomic E-state index is 0.0828. The number of hydrogen-bond acceptors (Lipinski definition) is 3. The summed E-state index contributed by atoms with van der Waals surface area (Å²) in [6, 6.07) is 0. The van der Waals surface area contributed by atoms with Crippen LogP contribution in [0, 0.1) is 17.8 Å². The largest absolute Gasteiger partial charge is 0.465 e. The molecule has 1 aliphatic rings. The Bertz CT molecular complexity index is 245. The van der Waals surface area contributed by atoms with Gasteiger partial charge in [-0.1, -0.05) is 13.8 Å². The fraction of sp³-hybridized carbons (Fsp3) is 0.833. The van der Waals surface area contributed by atoms with Crippen molar-refractivity contribution in [2.24, 2.45) is 17.8 Å². The highest BCUT2D eigenvalue weighted by Crippen LogP contribution is 2.32. The van der Waals surface area contributed by atoms with Crippen LogP contribution in [-0.2, 0) is 14.3 Å². The molecule has 0 N–H and O–H groups in total. The number of ketones is 1. The van der Waals surface area contributed by atoms with Gasteiger partial charge >= 0.3 is 5.97 Å². The van der Waals surface area contributed by atoms with Crippen LogP contribution in [0.1, 0.15) is 40.0 Å². The summed E-state index contributed by atoms with van der Waals surface area (Å²) in [6.45, 7) is 6.33. The topological polar surface area (TPSA) is 43.4 Å². The van der Waals surface area contributed by atoms with Crippen molar-refractivity contribution in [3.05, 3.63) is 0 Å². The van der Waals surface area contributed by atoms with E-state index in [2.05, 4.69) is 13.8 Å². The lowest BCUT2D eigenvalue weighted by Crippen LogP contribution is -2.24. The first-order chi connectivity index (χ1) is 7.06. The summed E-state index contributed by atoms with van der Waals surface area (Å²) < 4.78 is 4.89. The van der Waals surface area contributed by atoms with Crippen molar-refractivity contribution in [3.63, 3.8) is 0 Å². The zero-order valence-corrected chi connectivity index (χ0v) is 9.79. The lowest BCUT2D eigenvalue weighted by molar-refractivity contribution is -0.151. The lowest BCUT2D eigenvalue weighted by Gasteiger charge is -2.11. The van der Waals surface area contributed by atoms with Gasteiger partial charge in [-0.15, -0.1) is 0 Å². The second kappa shape index (κ2) is 5.29. The van der Waals surface area contributed by atoms with Crippen molar-refractivity contribution in [2.75, 3.05) is 6.61 Å². The number of ether oxygens (including phenoxy) is 1. The van der Waals surface area contributed by atoms with Gasteiger partial charge in [0.15, 0.2) is 0 Å². The maximum atomic E-state index is 11.9. The molecule has 0 amide bonds. The van der Waals surface area contributed by atoms with Crippen molar-refractivity contribution in [3.8, 4) is 0 Å².